The molecule has 0 saturated carbocycles. The van der Waals surface area contributed by atoms with E-state index in [4.69, 9.17) is 4.74 Å². The van der Waals surface area contributed by atoms with Crippen molar-refractivity contribution in [1.82, 2.24) is 9.62 Å². The van der Waals surface area contributed by atoms with Gasteiger partial charge in [-0.25, -0.2) is 13.7 Å². The fraction of sp³-hybridized carbons (Fsp3) is 0.632. The van der Waals surface area contributed by atoms with Crippen LogP contribution in [0.15, 0.2) is 24.3 Å². The Morgan fingerprint density at radius 3 is 2.52 bits per heavy atom. The van der Waals surface area contributed by atoms with Crippen molar-refractivity contribution >= 4 is 17.1 Å². The summed E-state index contributed by atoms with van der Waals surface area (Å²) in [6.07, 6.45) is 4.19. The van der Waals surface area contributed by atoms with Gasteiger partial charge in [-0.05, 0) is 56.6 Å². The second-order valence-corrected chi connectivity index (χ2v) is 9.35. The molecule has 5 nitrogen and oxygen atoms in total. The van der Waals surface area contributed by atoms with Gasteiger partial charge in [-0.3, -0.25) is 0 Å². The number of hydrogen-bond donors (Lipinski definition) is 1. The molecule has 0 bridgehead atoms. The minimum atomic E-state index is -1.08. The van der Waals surface area contributed by atoms with Crippen molar-refractivity contribution in [1.29, 1.82) is 0 Å². The van der Waals surface area contributed by atoms with Crippen LogP contribution < -0.4 is 4.72 Å². The summed E-state index contributed by atoms with van der Waals surface area (Å²) in [5, 5.41) is 0. The molecule has 1 amide bonds. The number of amides is 1. The molecule has 0 radical (unpaired) electrons. The zero-order valence-electron chi connectivity index (χ0n) is 15.5. The van der Waals surface area contributed by atoms with Crippen LogP contribution in [0.3, 0.4) is 0 Å². The maximum absolute atomic E-state index is 12.3. The number of likely N-dealkylation sites (tertiary alicyclic amines) is 1. The lowest BCUT2D eigenvalue weighted by Gasteiger charge is -2.43. The number of nitrogens with zero attached hydrogens (tertiary/aromatic N) is 1. The van der Waals surface area contributed by atoms with Gasteiger partial charge < -0.3 is 9.64 Å². The highest BCUT2D eigenvalue weighted by molar-refractivity contribution is 7.82. The summed E-state index contributed by atoms with van der Waals surface area (Å²) in [6.45, 7) is 7.02. The number of hydrogen-bond acceptors (Lipinski definition) is 3. The highest BCUT2D eigenvalue weighted by atomic mass is 32.2. The number of fused-ring (bicyclic) bond motifs is 1. The van der Waals surface area contributed by atoms with E-state index in [0.717, 1.165) is 19.3 Å². The molecule has 1 N–H and O–H groups in total. The Labute approximate surface area is 152 Å². The lowest BCUT2D eigenvalue weighted by molar-refractivity contribution is 0.00726. The summed E-state index contributed by atoms with van der Waals surface area (Å²) in [5.41, 5.74) is 2.13. The smallest absolute Gasteiger partial charge is 0.410 e. The van der Waals surface area contributed by atoms with Crippen LogP contribution in [0.5, 0.6) is 0 Å². The monoisotopic (exact) mass is 364 g/mol. The average molecular weight is 365 g/mol. The van der Waals surface area contributed by atoms with Gasteiger partial charge in [0.1, 0.15) is 5.60 Å². The number of carbonyl (C=O) groups excluding carboxylic acids is 1. The summed E-state index contributed by atoms with van der Waals surface area (Å²) in [7, 11) is -1.08. The van der Waals surface area contributed by atoms with Crippen molar-refractivity contribution < 1.29 is 13.7 Å². The molecular formula is C19H28N2O3S. The molecule has 1 aliphatic heterocycles. The fourth-order valence-electron chi connectivity index (χ4n) is 4.07. The molecule has 25 heavy (non-hydrogen) atoms. The van der Waals surface area contributed by atoms with E-state index in [9.17, 15) is 9.00 Å². The van der Waals surface area contributed by atoms with Crippen LogP contribution in [0.4, 0.5) is 4.79 Å². The highest BCUT2D eigenvalue weighted by Crippen LogP contribution is 2.52. The third-order valence-electron chi connectivity index (χ3n) is 5.22. The molecule has 1 saturated heterocycles. The van der Waals surface area contributed by atoms with E-state index >= 15 is 0 Å². The second-order valence-electron chi connectivity index (χ2n) is 8.21. The van der Waals surface area contributed by atoms with E-state index in [1.54, 1.807) is 11.2 Å². The molecule has 1 fully saturated rings. The third-order valence-corrected chi connectivity index (χ3v) is 5.78. The van der Waals surface area contributed by atoms with Gasteiger partial charge >= 0.3 is 6.09 Å². The van der Waals surface area contributed by atoms with E-state index < -0.39 is 16.6 Å². The predicted molar refractivity (Wildman–Crippen MR) is 99.6 cm³/mol. The number of nitrogens with one attached hydrogen (secondary N) is 1. The van der Waals surface area contributed by atoms with Gasteiger partial charge in [-0.2, -0.15) is 0 Å². The Bertz CT molecular complexity index is 675. The summed E-state index contributed by atoms with van der Waals surface area (Å²) >= 11 is 0. The standard InChI is InChI=1S/C19H28N2O3S/c1-18(2,3)24-17(22)21-11-9-19(10-12-21)13-14-7-5-6-8-15(14)16(19)20-25(4)23/h5-8,16,20H,9-13H2,1-4H3/t16-,25?/m1/s1. The van der Waals surface area contributed by atoms with Crippen molar-refractivity contribution in [2.75, 3.05) is 19.3 Å². The summed E-state index contributed by atoms with van der Waals surface area (Å²) in [5.74, 6) is 0. The van der Waals surface area contributed by atoms with E-state index in [1.807, 2.05) is 26.8 Å². The lowest BCUT2D eigenvalue weighted by Crippen LogP contribution is -2.48. The normalized spacial score (nSPS) is 23.4. The van der Waals surface area contributed by atoms with Crippen LogP contribution in [-0.4, -0.2) is 40.1 Å². The van der Waals surface area contributed by atoms with Gasteiger partial charge in [-0.1, -0.05) is 24.3 Å². The summed E-state index contributed by atoms with van der Waals surface area (Å²) in [6, 6.07) is 8.48. The molecule has 1 aromatic carbocycles. The third kappa shape index (κ3) is 3.90. The molecule has 1 spiro atoms. The molecule has 1 heterocycles. The van der Waals surface area contributed by atoms with Crippen molar-refractivity contribution in [3.05, 3.63) is 35.4 Å². The van der Waals surface area contributed by atoms with E-state index in [0.29, 0.717) is 13.1 Å². The summed E-state index contributed by atoms with van der Waals surface area (Å²) in [4.78, 5) is 14.1. The molecular weight excluding hydrogens is 336 g/mol. The predicted octanol–water partition coefficient (Wildman–Crippen LogP) is 3.18. The zero-order chi connectivity index (χ0) is 18.2. The van der Waals surface area contributed by atoms with Crippen molar-refractivity contribution in [3.8, 4) is 0 Å². The van der Waals surface area contributed by atoms with Gasteiger partial charge in [0, 0.05) is 19.3 Å². The van der Waals surface area contributed by atoms with Crippen LogP contribution in [0, 0.1) is 5.41 Å². The van der Waals surface area contributed by atoms with Crippen LogP contribution in [-0.2, 0) is 22.1 Å². The van der Waals surface area contributed by atoms with E-state index in [2.05, 4.69) is 22.9 Å². The molecule has 1 aliphatic carbocycles. The van der Waals surface area contributed by atoms with Crippen LogP contribution in [0.2, 0.25) is 0 Å². The minimum Gasteiger partial charge on any atom is -0.444 e. The van der Waals surface area contributed by atoms with Gasteiger partial charge in [0.25, 0.3) is 0 Å². The molecule has 1 unspecified atom stereocenters. The topological polar surface area (TPSA) is 58.6 Å². The molecule has 6 heteroatoms. The van der Waals surface area contributed by atoms with Gasteiger partial charge in [0.2, 0.25) is 0 Å². The van der Waals surface area contributed by atoms with Crippen LogP contribution >= 0.6 is 0 Å². The van der Waals surface area contributed by atoms with E-state index in [1.165, 1.54) is 11.1 Å². The molecule has 3 rings (SSSR count). The number of rotatable bonds is 2. The van der Waals surface area contributed by atoms with Crippen LogP contribution in [0.25, 0.3) is 0 Å². The Morgan fingerprint density at radius 2 is 1.92 bits per heavy atom. The molecule has 2 atom stereocenters. The quantitative estimate of drug-likeness (QED) is 0.877. The maximum atomic E-state index is 12.3. The average Bonchev–Trinajstić information content (AvgIpc) is 2.79. The second kappa shape index (κ2) is 6.72. The Morgan fingerprint density at radius 1 is 1.28 bits per heavy atom. The van der Waals surface area contributed by atoms with Crippen molar-refractivity contribution in [2.24, 2.45) is 5.41 Å². The first kappa shape index (κ1) is 18.4. The SMILES string of the molecule is CS(=O)N[C@@H]1c2ccccc2CC12CCN(C(=O)OC(C)(C)C)CC2. The molecule has 0 aromatic heterocycles. The number of benzene rings is 1. The van der Waals surface area contributed by atoms with Gasteiger partial charge in [0.15, 0.2) is 0 Å². The highest BCUT2D eigenvalue weighted by Gasteiger charge is 2.48. The van der Waals surface area contributed by atoms with Crippen molar-refractivity contribution in [2.45, 2.75) is 51.7 Å². The zero-order valence-corrected chi connectivity index (χ0v) is 16.3. The first-order valence-corrected chi connectivity index (χ1v) is 10.4. The Hall–Kier alpha value is -1.40. The Balaban J connectivity index is 1.75. The lowest BCUT2D eigenvalue weighted by atomic mass is 9.73. The first-order valence-electron chi connectivity index (χ1n) is 8.86. The van der Waals surface area contributed by atoms with E-state index in [-0.39, 0.29) is 17.6 Å². The minimum absolute atomic E-state index is 0.0217. The van der Waals surface area contributed by atoms with Gasteiger partial charge in [0.05, 0.1) is 17.0 Å². The largest absolute Gasteiger partial charge is 0.444 e. The maximum Gasteiger partial charge on any atom is 0.410 e. The molecule has 2 aliphatic rings. The summed E-state index contributed by atoms with van der Waals surface area (Å²) < 4.78 is 20.7. The number of ether oxygens (including phenoxy) is 1. The van der Waals surface area contributed by atoms with Gasteiger partial charge in [-0.15, -0.1) is 0 Å². The fourth-order valence-corrected chi connectivity index (χ4v) is 4.78. The molecule has 1 aromatic rings. The molecule has 138 valence electrons. The van der Waals surface area contributed by atoms with Crippen LogP contribution in [0.1, 0.15) is 50.8 Å². The Kier molecular flexibility index (Phi) is 4.95. The number of carbonyl (C=O) groups is 1. The van der Waals surface area contributed by atoms with Crippen molar-refractivity contribution in [3.63, 3.8) is 0 Å². The first-order chi connectivity index (χ1) is 11.7. The number of piperidine rings is 1.